The van der Waals surface area contributed by atoms with Gasteiger partial charge in [-0.2, -0.15) is 5.26 Å². The first-order valence-corrected chi connectivity index (χ1v) is 10.2. The van der Waals surface area contributed by atoms with Crippen molar-refractivity contribution in [3.05, 3.63) is 41.5 Å². The zero-order valence-electron chi connectivity index (χ0n) is 16.8. The summed E-state index contributed by atoms with van der Waals surface area (Å²) >= 11 is 0. The fourth-order valence-electron chi connectivity index (χ4n) is 4.42. The molecule has 4 rings (SSSR count). The van der Waals surface area contributed by atoms with Crippen LogP contribution in [0.25, 0.3) is 0 Å². The van der Waals surface area contributed by atoms with E-state index in [2.05, 4.69) is 16.0 Å². The van der Waals surface area contributed by atoms with Crippen LogP contribution in [0, 0.1) is 23.1 Å². The van der Waals surface area contributed by atoms with Crippen LogP contribution >= 0.6 is 0 Å². The van der Waals surface area contributed by atoms with Crippen molar-refractivity contribution < 1.29 is 13.9 Å². The van der Waals surface area contributed by atoms with Gasteiger partial charge in [-0.3, -0.25) is 4.79 Å². The average molecular weight is 409 g/mol. The van der Waals surface area contributed by atoms with Crippen LogP contribution in [-0.4, -0.2) is 28.5 Å². The van der Waals surface area contributed by atoms with Crippen LogP contribution in [0.15, 0.2) is 24.5 Å². The van der Waals surface area contributed by atoms with Gasteiger partial charge in [0.05, 0.1) is 12.6 Å². The van der Waals surface area contributed by atoms with E-state index in [0.717, 1.165) is 25.7 Å². The highest BCUT2D eigenvalue weighted by atomic mass is 19.1. The zero-order valence-corrected chi connectivity index (χ0v) is 16.8. The Bertz CT molecular complexity index is 998. The lowest BCUT2D eigenvalue weighted by Gasteiger charge is -2.28. The molecule has 1 atom stereocenters. The summed E-state index contributed by atoms with van der Waals surface area (Å²) < 4.78 is 20.8. The highest BCUT2D eigenvalue weighted by Gasteiger charge is 2.32. The number of nitrogen functional groups attached to an aromatic ring is 1. The van der Waals surface area contributed by atoms with Crippen molar-refractivity contribution in [2.24, 2.45) is 5.92 Å². The lowest BCUT2D eigenvalue weighted by atomic mass is 9.77. The van der Waals surface area contributed by atoms with Gasteiger partial charge in [-0.25, -0.2) is 14.4 Å². The molecule has 0 spiro atoms. The Morgan fingerprint density at radius 2 is 2.07 bits per heavy atom. The smallest absolute Gasteiger partial charge is 0.267 e. The van der Waals surface area contributed by atoms with E-state index in [-0.39, 0.29) is 41.6 Å². The molecule has 2 aromatic rings. The first kappa shape index (κ1) is 20.1. The molecule has 1 aliphatic heterocycles. The van der Waals surface area contributed by atoms with Gasteiger partial charge >= 0.3 is 0 Å². The Hall–Kier alpha value is -3.21. The second-order valence-corrected chi connectivity index (χ2v) is 8.07. The number of amides is 1. The van der Waals surface area contributed by atoms with Crippen molar-refractivity contribution >= 4 is 17.4 Å². The molecule has 1 aromatic heterocycles. The SMILES string of the molecule is C[C@@H]1CN(c2ccc(C3CCC(CC#N)CC3)c(F)c2)C(=O)c2c(N)ncnc2O1. The first-order valence-electron chi connectivity index (χ1n) is 10.2. The number of carbonyl (C=O) groups is 1. The maximum Gasteiger partial charge on any atom is 0.267 e. The average Bonchev–Trinajstić information content (AvgIpc) is 2.85. The number of aromatic nitrogens is 2. The van der Waals surface area contributed by atoms with Crippen molar-refractivity contribution in [2.75, 3.05) is 17.2 Å². The van der Waals surface area contributed by atoms with Crippen LogP contribution in [0.1, 0.15) is 60.9 Å². The van der Waals surface area contributed by atoms with Crippen molar-refractivity contribution in [1.29, 1.82) is 5.26 Å². The van der Waals surface area contributed by atoms with Crippen molar-refractivity contribution in [1.82, 2.24) is 9.97 Å². The van der Waals surface area contributed by atoms with Gasteiger partial charge < -0.3 is 15.4 Å². The predicted octanol–water partition coefficient (Wildman–Crippen LogP) is 3.81. The molecular weight excluding hydrogens is 385 g/mol. The Balaban J connectivity index is 1.59. The van der Waals surface area contributed by atoms with Crippen LogP contribution in [0.5, 0.6) is 5.88 Å². The molecule has 30 heavy (non-hydrogen) atoms. The summed E-state index contributed by atoms with van der Waals surface area (Å²) in [5.74, 6) is 0.0124. The second-order valence-electron chi connectivity index (χ2n) is 8.07. The summed E-state index contributed by atoms with van der Waals surface area (Å²) in [6, 6.07) is 7.19. The summed E-state index contributed by atoms with van der Waals surface area (Å²) in [6.07, 6.45) is 5.10. The van der Waals surface area contributed by atoms with E-state index in [4.69, 9.17) is 15.7 Å². The second kappa shape index (κ2) is 8.27. The number of halogens is 1. The molecule has 2 N–H and O–H groups in total. The normalized spacial score (nSPS) is 23.8. The highest BCUT2D eigenvalue weighted by molar-refractivity contribution is 6.10. The largest absolute Gasteiger partial charge is 0.472 e. The minimum absolute atomic E-state index is 0.0373. The van der Waals surface area contributed by atoms with E-state index < -0.39 is 5.91 Å². The number of nitriles is 1. The molecule has 1 saturated carbocycles. The molecule has 1 amide bonds. The number of hydrogen-bond acceptors (Lipinski definition) is 6. The van der Waals surface area contributed by atoms with Crippen LogP contribution in [0.3, 0.4) is 0 Å². The fraction of sp³-hybridized carbons (Fsp3) is 0.455. The molecule has 1 aliphatic carbocycles. The van der Waals surface area contributed by atoms with Crippen molar-refractivity contribution in [2.45, 2.75) is 51.0 Å². The third kappa shape index (κ3) is 3.80. The monoisotopic (exact) mass is 409 g/mol. The van der Waals surface area contributed by atoms with Crippen molar-refractivity contribution in [3.63, 3.8) is 0 Å². The van der Waals surface area contributed by atoms with Crippen LogP contribution in [-0.2, 0) is 0 Å². The molecule has 0 bridgehead atoms. The molecule has 2 aliphatic rings. The molecular formula is C22H24FN5O2. The fourth-order valence-corrected chi connectivity index (χ4v) is 4.42. The lowest BCUT2D eigenvalue weighted by Crippen LogP contribution is -2.36. The Morgan fingerprint density at radius 1 is 1.30 bits per heavy atom. The van der Waals surface area contributed by atoms with Crippen LogP contribution in [0.2, 0.25) is 0 Å². The van der Waals surface area contributed by atoms with Gasteiger partial charge in [-0.15, -0.1) is 0 Å². The number of fused-ring (bicyclic) bond motifs is 1. The molecule has 2 heterocycles. The Morgan fingerprint density at radius 3 is 2.77 bits per heavy atom. The summed E-state index contributed by atoms with van der Waals surface area (Å²) in [5.41, 5.74) is 7.12. The van der Waals surface area contributed by atoms with Gasteiger partial charge in [-0.05, 0) is 62.1 Å². The number of nitrogens with zero attached hydrogens (tertiary/aromatic N) is 4. The third-order valence-electron chi connectivity index (χ3n) is 6.02. The molecule has 8 heteroatoms. The lowest BCUT2D eigenvalue weighted by molar-refractivity contribution is 0.0988. The van der Waals surface area contributed by atoms with Gasteiger partial charge in [0.15, 0.2) is 0 Å². The third-order valence-corrected chi connectivity index (χ3v) is 6.02. The van der Waals surface area contributed by atoms with Gasteiger partial charge in [-0.1, -0.05) is 6.07 Å². The maximum absolute atomic E-state index is 15.1. The molecule has 0 unspecified atom stereocenters. The number of ether oxygens (including phenoxy) is 1. The van der Waals surface area contributed by atoms with E-state index >= 15 is 4.39 Å². The number of nitrogens with two attached hydrogens (primary N) is 1. The Kier molecular flexibility index (Phi) is 5.53. The molecule has 1 aromatic carbocycles. The summed E-state index contributed by atoms with van der Waals surface area (Å²) in [7, 11) is 0. The minimum Gasteiger partial charge on any atom is -0.472 e. The molecule has 0 saturated heterocycles. The molecule has 7 nitrogen and oxygen atoms in total. The Labute approximate surface area is 174 Å². The van der Waals surface area contributed by atoms with E-state index in [1.807, 2.05) is 6.92 Å². The maximum atomic E-state index is 15.1. The number of hydrogen-bond donors (Lipinski definition) is 1. The minimum atomic E-state index is -0.406. The quantitative estimate of drug-likeness (QED) is 0.826. The highest BCUT2D eigenvalue weighted by Crippen LogP contribution is 2.39. The molecule has 156 valence electrons. The number of carbonyl (C=O) groups excluding carboxylic acids is 1. The van der Waals surface area contributed by atoms with Gasteiger partial charge in [0, 0.05) is 12.1 Å². The zero-order chi connectivity index (χ0) is 21.3. The number of anilines is 2. The standard InChI is InChI=1S/C22H24FN5O2/c1-13-11-28(22(29)19-20(25)26-12-27-21(19)30-13)16-6-7-17(18(23)10-16)15-4-2-14(3-5-15)8-9-24/h6-7,10,12-15H,2-5,8,11H2,1H3,(H2,25,26,27)/t13-,14?,15?/m1/s1. The van der Waals surface area contributed by atoms with E-state index in [1.54, 1.807) is 12.1 Å². The number of rotatable bonds is 3. The van der Waals surface area contributed by atoms with Gasteiger partial charge in [0.25, 0.3) is 5.91 Å². The van der Waals surface area contributed by atoms with E-state index in [0.29, 0.717) is 23.6 Å². The topological polar surface area (TPSA) is 105 Å². The van der Waals surface area contributed by atoms with E-state index in [9.17, 15) is 4.79 Å². The molecule has 1 fully saturated rings. The summed E-state index contributed by atoms with van der Waals surface area (Å²) in [4.78, 5) is 22.5. The number of benzene rings is 1. The molecule has 0 radical (unpaired) electrons. The predicted molar refractivity (Wildman–Crippen MR) is 110 cm³/mol. The van der Waals surface area contributed by atoms with Crippen molar-refractivity contribution in [3.8, 4) is 11.9 Å². The van der Waals surface area contributed by atoms with Crippen LogP contribution in [0.4, 0.5) is 15.9 Å². The van der Waals surface area contributed by atoms with Gasteiger partial charge in [0.1, 0.15) is 29.6 Å². The van der Waals surface area contributed by atoms with Gasteiger partial charge in [0.2, 0.25) is 5.88 Å². The van der Waals surface area contributed by atoms with Crippen LogP contribution < -0.4 is 15.4 Å². The summed E-state index contributed by atoms with van der Waals surface area (Å²) in [6.45, 7) is 2.06. The summed E-state index contributed by atoms with van der Waals surface area (Å²) in [5, 5.41) is 8.87. The first-order chi connectivity index (χ1) is 14.5. The van der Waals surface area contributed by atoms with E-state index in [1.165, 1.54) is 17.3 Å².